The van der Waals surface area contributed by atoms with Gasteiger partial charge in [-0.25, -0.2) is 0 Å². The summed E-state index contributed by atoms with van der Waals surface area (Å²) in [6, 6.07) is 6.30. The minimum atomic E-state index is 0.140. The lowest BCUT2D eigenvalue weighted by Crippen LogP contribution is -2.32. The molecule has 0 unspecified atom stereocenters. The minimum absolute atomic E-state index is 0.140. The molecule has 0 fully saturated rings. The highest BCUT2D eigenvalue weighted by atomic mass is 32.2. The summed E-state index contributed by atoms with van der Waals surface area (Å²) in [7, 11) is 0. The molecule has 1 aromatic heterocycles. The van der Waals surface area contributed by atoms with Gasteiger partial charge in [-0.05, 0) is 58.1 Å². The number of carbonyl (C=O) groups excluding carboxylic acids is 1. The predicted molar refractivity (Wildman–Crippen MR) is 105 cm³/mol. The van der Waals surface area contributed by atoms with E-state index < -0.39 is 0 Å². The Labute approximate surface area is 159 Å². The van der Waals surface area contributed by atoms with E-state index in [0.29, 0.717) is 5.75 Å². The number of rotatable bonds is 6. The Morgan fingerprint density at radius 3 is 2.85 bits per heavy atom. The van der Waals surface area contributed by atoms with Gasteiger partial charge in [-0.1, -0.05) is 35.5 Å². The summed E-state index contributed by atoms with van der Waals surface area (Å²) in [5.41, 5.74) is 4.63. The van der Waals surface area contributed by atoms with Gasteiger partial charge in [0.25, 0.3) is 0 Å². The highest BCUT2D eigenvalue weighted by Gasteiger charge is 2.19. The second-order valence-corrected chi connectivity index (χ2v) is 7.58. The van der Waals surface area contributed by atoms with Gasteiger partial charge in [0.05, 0.1) is 11.4 Å². The summed E-state index contributed by atoms with van der Waals surface area (Å²) in [4.78, 5) is 14.7. The SMILES string of the molecule is CCN(C(=O)CSc1nncn1-c1ccc(C)cc1C)C1=CCCCC1. The van der Waals surface area contributed by atoms with Crippen LogP contribution in [0.1, 0.15) is 43.7 Å². The van der Waals surface area contributed by atoms with Gasteiger partial charge in [0.1, 0.15) is 6.33 Å². The molecule has 1 aliphatic carbocycles. The molecule has 0 bridgehead atoms. The van der Waals surface area contributed by atoms with E-state index >= 15 is 0 Å². The Kier molecular flexibility index (Phi) is 6.14. The molecule has 0 spiro atoms. The number of amides is 1. The lowest BCUT2D eigenvalue weighted by Gasteiger charge is -2.26. The van der Waals surface area contributed by atoms with E-state index in [2.05, 4.69) is 48.3 Å². The van der Waals surface area contributed by atoms with Crippen molar-refractivity contribution in [1.29, 1.82) is 0 Å². The van der Waals surface area contributed by atoms with Crippen LogP contribution in [-0.2, 0) is 4.79 Å². The summed E-state index contributed by atoms with van der Waals surface area (Å²) in [5, 5.41) is 9.02. The predicted octanol–water partition coefficient (Wildman–Crippen LogP) is 4.28. The molecular weight excluding hydrogens is 344 g/mol. The Bertz CT molecular complexity index is 812. The third kappa shape index (κ3) is 4.18. The van der Waals surface area contributed by atoms with Crippen molar-refractivity contribution < 1.29 is 4.79 Å². The van der Waals surface area contributed by atoms with Crippen LogP contribution in [0.15, 0.2) is 41.5 Å². The van der Waals surface area contributed by atoms with Crippen LogP contribution in [0, 0.1) is 13.8 Å². The van der Waals surface area contributed by atoms with Crippen LogP contribution in [0.25, 0.3) is 5.69 Å². The smallest absolute Gasteiger partial charge is 0.237 e. The minimum Gasteiger partial charge on any atom is -0.316 e. The average molecular weight is 371 g/mol. The maximum Gasteiger partial charge on any atom is 0.237 e. The number of nitrogens with zero attached hydrogens (tertiary/aromatic N) is 4. The van der Waals surface area contributed by atoms with E-state index in [1.54, 1.807) is 6.33 Å². The fourth-order valence-electron chi connectivity index (χ4n) is 3.37. The van der Waals surface area contributed by atoms with Crippen molar-refractivity contribution in [2.24, 2.45) is 0 Å². The summed E-state index contributed by atoms with van der Waals surface area (Å²) in [6.07, 6.45) is 8.41. The van der Waals surface area contributed by atoms with Crippen molar-refractivity contribution in [1.82, 2.24) is 19.7 Å². The van der Waals surface area contributed by atoms with Crippen molar-refractivity contribution >= 4 is 17.7 Å². The molecule has 1 aliphatic rings. The fourth-order valence-corrected chi connectivity index (χ4v) is 4.17. The molecule has 1 amide bonds. The summed E-state index contributed by atoms with van der Waals surface area (Å²) in [6.45, 7) is 6.91. The second-order valence-electron chi connectivity index (χ2n) is 6.64. The number of hydrogen-bond donors (Lipinski definition) is 0. The number of aromatic nitrogens is 3. The van der Waals surface area contributed by atoms with Crippen molar-refractivity contribution in [3.63, 3.8) is 0 Å². The van der Waals surface area contributed by atoms with Crippen molar-refractivity contribution in [3.8, 4) is 5.69 Å². The zero-order chi connectivity index (χ0) is 18.5. The zero-order valence-electron chi connectivity index (χ0n) is 15.7. The normalized spacial score (nSPS) is 14.2. The Morgan fingerprint density at radius 2 is 2.15 bits per heavy atom. The highest BCUT2D eigenvalue weighted by Crippen LogP contribution is 2.25. The van der Waals surface area contributed by atoms with Crippen LogP contribution >= 0.6 is 11.8 Å². The monoisotopic (exact) mass is 370 g/mol. The Morgan fingerprint density at radius 1 is 1.31 bits per heavy atom. The van der Waals surface area contributed by atoms with E-state index in [0.717, 1.165) is 30.2 Å². The van der Waals surface area contributed by atoms with Crippen molar-refractivity contribution in [3.05, 3.63) is 47.4 Å². The first-order valence-electron chi connectivity index (χ1n) is 9.20. The zero-order valence-corrected chi connectivity index (χ0v) is 16.6. The molecule has 0 saturated heterocycles. The van der Waals surface area contributed by atoms with E-state index in [1.165, 1.54) is 41.4 Å². The molecule has 5 nitrogen and oxygen atoms in total. The first kappa shape index (κ1) is 18.7. The van der Waals surface area contributed by atoms with Crippen LogP contribution in [0.5, 0.6) is 0 Å². The number of thioether (sulfide) groups is 1. The number of allylic oxidation sites excluding steroid dienone is 2. The molecule has 6 heteroatoms. The van der Waals surface area contributed by atoms with Gasteiger partial charge >= 0.3 is 0 Å². The molecule has 138 valence electrons. The Balaban J connectivity index is 1.71. The van der Waals surface area contributed by atoms with Crippen LogP contribution in [-0.4, -0.2) is 37.9 Å². The van der Waals surface area contributed by atoms with Crippen LogP contribution in [0.3, 0.4) is 0 Å². The molecule has 3 rings (SSSR count). The van der Waals surface area contributed by atoms with Gasteiger partial charge in [0.15, 0.2) is 5.16 Å². The van der Waals surface area contributed by atoms with Gasteiger partial charge < -0.3 is 4.90 Å². The molecule has 26 heavy (non-hydrogen) atoms. The molecule has 0 saturated carbocycles. The molecule has 0 radical (unpaired) electrons. The van der Waals surface area contributed by atoms with Crippen LogP contribution in [0.2, 0.25) is 0 Å². The van der Waals surface area contributed by atoms with Gasteiger partial charge in [-0.2, -0.15) is 0 Å². The lowest BCUT2D eigenvalue weighted by molar-refractivity contribution is -0.126. The van der Waals surface area contributed by atoms with Gasteiger partial charge in [-0.15, -0.1) is 10.2 Å². The first-order valence-corrected chi connectivity index (χ1v) is 10.2. The van der Waals surface area contributed by atoms with E-state index in [4.69, 9.17) is 0 Å². The standard InChI is InChI=1S/C20H26N4OS/c1-4-23(17-8-6-5-7-9-17)19(25)13-26-20-22-21-14-24(20)18-11-10-15(2)12-16(18)3/h8,10-12,14H,4-7,9,13H2,1-3H3. The summed E-state index contributed by atoms with van der Waals surface area (Å²) >= 11 is 1.45. The number of benzene rings is 1. The van der Waals surface area contributed by atoms with Gasteiger partial charge in [0, 0.05) is 12.2 Å². The topological polar surface area (TPSA) is 51.0 Å². The molecule has 0 aliphatic heterocycles. The molecule has 0 N–H and O–H groups in total. The van der Waals surface area contributed by atoms with E-state index in [9.17, 15) is 4.79 Å². The number of aryl methyl sites for hydroxylation is 2. The lowest BCUT2D eigenvalue weighted by atomic mass is 10.0. The maximum atomic E-state index is 12.7. The number of carbonyl (C=O) groups is 1. The molecule has 1 heterocycles. The van der Waals surface area contributed by atoms with Gasteiger partial charge in [-0.3, -0.25) is 9.36 Å². The Hall–Kier alpha value is -2.08. The van der Waals surface area contributed by atoms with E-state index in [1.807, 2.05) is 16.4 Å². The van der Waals surface area contributed by atoms with Crippen LogP contribution < -0.4 is 0 Å². The quantitative estimate of drug-likeness (QED) is 0.712. The fraction of sp³-hybridized carbons (Fsp3) is 0.450. The summed E-state index contributed by atoms with van der Waals surface area (Å²) in [5.74, 6) is 0.509. The molecule has 2 aromatic rings. The third-order valence-corrected chi connectivity index (χ3v) is 5.61. The van der Waals surface area contributed by atoms with Gasteiger partial charge in [0.2, 0.25) is 5.91 Å². The molecular formula is C20H26N4OS. The average Bonchev–Trinajstić information content (AvgIpc) is 3.10. The first-order chi connectivity index (χ1) is 12.6. The second kappa shape index (κ2) is 8.54. The largest absolute Gasteiger partial charge is 0.316 e. The molecule has 1 aromatic carbocycles. The van der Waals surface area contributed by atoms with Crippen molar-refractivity contribution in [2.45, 2.75) is 51.6 Å². The summed E-state index contributed by atoms with van der Waals surface area (Å²) < 4.78 is 1.96. The third-order valence-electron chi connectivity index (χ3n) is 4.68. The highest BCUT2D eigenvalue weighted by molar-refractivity contribution is 7.99. The van der Waals surface area contributed by atoms with Crippen LogP contribution in [0.4, 0.5) is 0 Å². The van der Waals surface area contributed by atoms with E-state index in [-0.39, 0.29) is 5.91 Å². The molecule has 0 atom stereocenters. The van der Waals surface area contributed by atoms with Crippen molar-refractivity contribution in [2.75, 3.05) is 12.3 Å². The maximum absolute atomic E-state index is 12.7. The number of hydrogen-bond acceptors (Lipinski definition) is 4.